The Morgan fingerprint density at radius 3 is 2.40 bits per heavy atom. The van der Waals surface area contributed by atoms with Crippen molar-refractivity contribution in [2.75, 3.05) is 0 Å². The fourth-order valence-electron chi connectivity index (χ4n) is 1.11. The van der Waals surface area contributed by atoms with E-state index in [1.165, 1.54) is 11.3 Å². The molecule has 0 spiro atoms. The van der Waals surface area contributed by atoms with Crippen molar-refractivity contribution < 1.29 is 13.2 Å². The third kappa shape index (κ3) is 5.39. The van der Waals surface area contributed by atoms with E-state index in [4.69, 9.17) is 5.73 Å². The van der Waals surface area contributed by atoms with Crippen LogP contribution in [0.15, 0.2) is 12.1 Å². The number of rotatable bonds is 3. The third-order valence-corrected chi connectivity index (χ3v) is 3.00. The van der Waals surface area contributed by atoms with Gasteiger partial charge in [-0.25, -0.2) is 0 Å². The first-order chi connectivity index (χ1) is 6.38. The third-order valence-electron chi connectivity index (χ3n) is 1.87. The highest BCUT2D eigenvalue weighted by Gasteiger charge is 2.27. The van der Waals surface area contributed by atoms with Gasteiger partial charge in [0.15, 0.2) is 0 Å². The van der Waals surface area contributed by atoms with Gasteiger partial charge in [0.05, 0.1) is 0 Å². The summed E-state index contributed by atoms with van der Waals surface area (Å²) < 4.78 is 35.7. The maximum atomic E-state index is 11.9. The van der Waals surface area contributed by atoms with Crippen LogP contribution in [0, 0.1) is 6.92 Å². The monoisotopic (exact) mass is 259 g/mol. The summed E-state index contributed by atoms with van der Waals surface area (Å²) in [5.41, 5.74) is 5.63. The van der Waals surface area contributed by atoms with Crippen molar-refractivity contribution in [3.05, 3.63) is 21.9 Å². The lowest BCUT2D eigenvalue weighted by molar-refractivity contribution is -0.136. The molecular weight excluding hydrogens is 247 g/mol. The van der Waals surface area contributed by atoms with Crippen LogP contribution < -0.4 is 5.73 Å². The highest BCUT2D eigenvalue weighted by atomic mass is 35.5. The zero-order chi connectivity index (χ0) is 10.8. The topological polar surface area (TPSA) is 26.0 Å². The Balaban J connectivity index is 0.00000196. The normalized spacial score (nSPS) is 13.4. The van der Waals surface area contributed by atoms with E-state index in [1.54, 1.807) is 6.07 Å². The average molecular weight is 260 g/mol. The van der Waals surface area contributed by atoms with Gasteiger partial charge < -0.3 is 5.73 Å². The van der Waals surface area contributed by atoms with E-state index in [0.29, 0.717) is 0 Å². The molecule has 0 aliphatic rings. The highest BCUT2D eigenvalue weighted by molar-refractivity contribution is 7.12. The van der Waals surface area contributed by atoms with Gasteiger partial charge in [-0.3, -0.25) is 0 Å². The van der Waals surface area contributed by atoms with Crippen LogP contribution in [0.25, 0.3) is 0 Å². The Labute approximate surface area is 96.9 Å². The largest absolute Gasteiger partial charge is 0.389 e. The molecule has 1 nitrogen and oxygen atoms in total. The standard InChI is InChI=1S/C9H12F3NS.ClH/c1-6-2-3-8(14-6)7(13)4-5-9(10,11)12;/h2-3,7H,4-5,13H2,1H3;1H/t7-;/m1./s1. The zero-order valence-corrected chi connectivity index (χ0v) is 9.81. The lowest BCUT2D eigenvalue weighted by atomic mass is 10.1. The van der Waals surface area contributed by atoms with E-state index in [1.807, 2.05) is 13.0 Å². The molecule has 1 atom stereocenters. The number of aryl methyl sites for hydroxylation is 1. The number of nitrogens with two attached hydrogens (primary N) is 1. The van der Waals surface area contributed by atoms with Crippen molar-refractivity contribution in [3.8, 4) is 0 Å². The fraction of sp³-hybridized carbons (Fsp3) is 0.556. The average Bonchev–Trinajstić information content (AvgIpc) is 2.46. The number of thiophene rings is 1. The van der Waals surface area contributed by atoms with Crippen LogP contribution in [0.1, 0.15) is 28.6 Å². The summed E-state index contributed by atoms with van der Waals surface area (Å²) in [4.78, 5) is 1.90. The summed E-state index contributed by atoms with van der Waals surface area (Å²) in [6.45, 7) is 1.91. The van der Waals surface area contributed by atoms with Crippen molar-refractivity contribution in [2.45, 2.75) is 32.0 Å². The number of alkyl halides is 3. The van der Waals surface area contributed by atoms with Crippen molar-refractivity contribution in [1.82, 2.24) is 0 Å². The lowest BCUT2D eigenvalue weighted by Crippen LogP contribution is -2.14. The van der Waals surface area contributed by atoms with Gasteiger partial charge in [-0.15, -0.1) is 23.7 Å². The first-order valence-corrected chi connectivity index (χ1v) is 5.09. The van der Waals surface area contributed by atoms with Gasteiger partial charge in [-0.05, 0) is 25.5 Å². The van der Waals surface area contributed by atoms with Crippen LogP contribution in [0.5, 0.6) is 0 Å². The Morgan fingerprint density at radius 1 is 1.40 bits per heavy atom. The summed E-state index contributed by atoms with van der Waals surface area (Å²) in [7, 11) is 0. The van der Waals surface area contributed by atoms with E-state index >= 15 is 0 Å². The maximum absolute atomic E-state index is 11.9. The number of halogens is 4. The van der Waals surface area contributed by atoms with Crippen molar-refractivity contribution in [2.24, 2.45) is 5.73 Å². The summed E-state index contributed by atoms with van der Waals surface area (Å²) in [6.07, 6.45) is -4.96. The molecule has 0 aliphatic heterocycles. The van der Waals surface area contributed by atoms with Crippen molar-refractivity contribution >= 4 is 23.7 Å². The van der Waals surface area contributed by atoms with Crippen LogP contribution in [0.3, 0.4) is 0 Å². The second kappa shape index (κ2) is 5.72. The van der Waals surface area contributed by atoms with Gasteiger partial charge in [0.1, 0.15) is 0 Å². The molecule has 0 aromatic carbocycles. The molecule has 0 saturated heterocycles. The molecule has 1 aromatic heterocycles. The van der Waals surface area contributed by atoms with Crippen LogP contribution in [0.4, 0.5) is 13.2 Å². The van der Waals surface area contributed by atoms with Crippen LogP contribution in [0.2, 0.25) is 0 Å². The van der Waals surface area contributed by atoms with E-state index in [9.17, 15) is 13.2 Å². The Bertz CT molecular complexity index is 298. The molecule has 0 saturated carbocycles. The molecule has 0 bridgehead atoms. The first kappa shape index (κ1) is 14.7. The van der Waals surface area contributed by atoms with Crippen LogP contribution in [-0.4, -0.2) is 6.18 Å². The Morgan fingerprint density at radius 2 is 2.00 bits per heavy atom. The highest BCUT2D eigenvalue weighted by Crippen LogP contribution is 2.29. The molecule has 0 aliphatic carbocycles. The molecule has 88 valence electrons. The second-order valence-electron chi connectivity index (χ2n) is 3.21. The first-order valence-electron chi connectivity index (χ1n) is 4.27. The predicted octanol–water partition coefficient (Wildman–Crippen LogP) is 3.82. The molecule has 2 N–H and O–H groups in total. The minimum absolute atomic E-state index is 0. The van der Waals surface area contributed by atoms with Gasteiger partial charge in [0.2, 0.25) is 0 Å². The molecule has 1 aromatic rings. The van der Waals surface area contributed by atoms with Crippen molar-refractivity contribution in [1.29, 1.82) is 0 Å². The summed E-state index contributed by atoms with van der Waals surface area (Å²) in [5.74, 6) is 0. The van der Waals surface area contributed by atoms with E-state index in [-0.39, 0.29) is 18.8 Å². The van der Waals surface area contributed by atoms with Crippen LogP contribution in [-0.2, 0) is 0 Å². The number of hydrogen-bond acceptors (Lipinski definition) is 2. The molecule has 0 unspecified atom stereocenters. The fourth-order valence-corrected chi connectivity index (χ4v) is 2.03. The van der Waals surface area contributed by atoms with E-state index in [2.05, 4.69) is 0 Å². The van der Waals surface area contributed by atoms with Crippen molar-refractivity contribution in [3.63, 3.8) is 0 Å². The second-order valence-corrected chi connectivity index (χ2v) is 4.53. The van der Waals surface area contributed by atoms with Gasteiger partial charge in [0.25, 0.3) is 0 Å². The Hall–Kier alpha value is -0.260. The minimum atomic E-state index is -4.11. The molecule has 0 radical (unpaired) electrons. The van der Waals surface area contributed by atoms with Gasteiger partial charge >= 0.3 is 6.18 Å². The molecule has 1 rings (SSSR count). The van der Waals surface area contributed by atoms with Gasteiger partial charge in [-0.1, -0.05) is 0 Å². The van der Waals surface area contributed by atoms with E-state index < -0.39 is 18.6 Å². The minimum Gasteiger partial charge on any atom is -0.323 e. The molecule has 15 heavy (non-hydrogen) atoms. The van der Waals surface area contributed by atoms with Crippen LogP contribution >= 0.6 is 23.7 Å². The molecule has 0 fully saturated rings. The molecular formula is C9H13ClF3NS. The number of hydrogen-bond donors (Lipinski definition) is 1. The smallest absolute Gasteiger partial charge is 0.323 e. The molecule has 1 heterocycles. The zero-order valence-electron chi connectivity index (χ0n) is 8.17. The summed E-state index contributed by atoms with van der Waals surface area (Å²) in [5, 5.41) is 0. The summed E-state index contributed by atoms with van der Waals surface area (Å²) in [6, 6.07) is 3.17. The molecule has 6 heteroatoms. The predicted molar refractivity (Wildman–Crippen MR) is 58.5 cm³/mol. The molecule has 0 amide bonds. The maximum Gasteiger partial charge on any atom is 0.389 e. The SMILES string of the molecule is Cc1ccc([C@H](N)CCC(F)(F)F)s1.Cl. The van der Waals surface area contributed by atoms with Gasteiger partial charge in [-0.2, -0.15) is 13.2 Å². The summed E-state index contributed by atoms with van der Waals surface area (Å²) >= 11 is 1.45. The van der Waals surface area contributed by atoms with Gasteiger partial charge in [0, 0.05) is 22.2 Å². The quantitative estimate of drug-likeness (QED) is 0.877. The van der Waals surface area contributed by atoms with E-state index in [0.717, 1.165) is 9.75 Å². The Kier molecular flexibility index (Phi) is 5.62. The lowest BCUT2D eigenvalue weighted by Gasteiger charge is -2.11.